The van der Waals surface area contributed by atoms with Gasteiger partial charge in [-0.05, 0) is 23.3 Å². The SMILES string of the molecule is CC(CC#N)N(C)C(=O)Cc1ccc2ccccc2c1. The highest BCUT2D eigenvalue weighted by Crippen LogP contribution is 2.16. The van der Waals surface area contributed by atoms with E-state index < -0.39 is 0 Å². The predicted molar refractivity (Wildman–Crippen MR) is 80.1 cm³/mol. The van der Waals surface area contributed by atoms with Crippen LogP contribution in [0.2, 0.25) is 0 Å². The van der Waals surface area contributed by atoms with Gasteiger partial charge in [-0.1, -0.05) is 42.5 Å². The minimum absolute atomic E-state index is 0.0445. The lowest BCUT2D eigenvalue weighted by molar-refractivity contribution is -0.130. The minimum Gasteiger partial charge on any atom is -0.342 e. The minimum atomic E-state index is -0.0482. The van der Waals surface area contributed by atoms with E-state index in [0.717, 1.165) is 10.9 Å². The van der Waals surface area contributed by atoms with E-state index in [0.29, 0.717) is 12.8 Å². The molecule has 0 saturated heterocycles. The van der Waals surface area contributed by atoms with Gasteiger partial charge >= 0.3 is 0 Å². The first-order chi connectivity index (χ1) is 9.61. The van der Waals surface area contributed by atoms with Gasteiger partial charge in [0.25, 0.3) is 0 Å². The summed E-state index contributed by atoms with van der Waals surface area (Å²) < 4.78 is 0. The summed E-state index contributed by atoms with van der Waals surface area (Å²) in [4.78, 5) is 13.8. The molecule has 1 atom stereocenters. The van der Waals surface area contributed by atoms with E-state index in [1.165, 1.54) is 5.39 Å². The Hall–Kier alpha value is -2.34. The van der Waals surface area contributed by atoms with Crippen molar-refractivity contribution >= 4 is 16.7 Å². The summed E-state index contributed by atoms with van der Waals surface area (Å²) in [5.74, 6) is 0.0445. The third-order valence-electron chi connectivity index (χ3n) is 3.61. The average molecular weight is 266 g/mol. The zero-order valence-corrected chi connectivity index (χ0v) is 11.8. The summed E-state index contributed by atoms with van der Waals surface area (Å²) in [7, 11) is 1.76. The lowest BCUT2D eigenvalue weighted by Crippen LogP contribution is -2.35. The van der Waals surface area contributed by atoms with Crippen molar-refractivity contribution in [1.82, 2.24) is 4.90 Å². The van der Waals surface area contributed by atoms with Crippen molar-refractivity contribution in [1.29, 1.82) is 5.26 Å². The molecule has 1 amide bonds. The molecule has 1 unspecified atom stereocenters. The van der Waals surface area contributed by atoms with Crippen LogP contribution in [0, 0.1) is 11.3 Å². The molecule has 0 aromatic heterocycles. The van der Waals surface area contributed by atoms with Crippen molar-refractivity contribution in [3.8, 4) is 6.07 Å². The number of benzene rings is 2. The second-order valence-corrected chi connectivity index (χ2v) is 5.07. The second-order valence-electron chi connectivity index (χ2n) is 5.07. The van der Waals surface area contributed by atoms with Crippen LogP contribution in [-0.4, -0.2) is 23.9 Å². The number of fused-ring (bicyclic) bond motifs is 1. The van der Waals surface area contributed by atoms with Gasteiger partial charge in [-0.25, -0.2) is 0 Å². The molecule has 0 aliphatic carbocycles. The van der Waals surface area contributed by atoms with Gasteiger partial charge in [0.05, 0.1) is 18.9 Å². The first kappa shape index (κ1) is 14.1. The van der Waals surface area contributed by atoms with E-state index in [2.05, 4.69) is 18.2 Å². The van der Waals surface area contributed by atoms with E-state index in [1.807, 2.05) is 37.3 Å². The predicted octanol–water partition coefficient (Wildman–Crippen LogP) is 3.14. The number of carbonyl (C=O) groups is 1. The number of hydrogen-bond acceptors (Lipinski definition) is 2. The Labute approximate surface area is 119 Å². The maximum absolute atomic E-state index is 12.2. The van der Waals surface area contributed by atoms with E-state index in [9.17, 15) is 4.79 Å². The molecule has 2 aromatic rings. The molecule has 3 heteroatoms. The molecule has 3 nitrogen and oxygen atoms in total. The summed E-state index contributed by atoms with van der Waals surface area (Å²) in [6, 6.07) is 16.2. The zero-order valence-electron chi connectivity index (χ0n) is 11.8. The Morgan fingerprint density at radius 1 is 1.25 bits per heavy atom. The van der Waals surface area contributed by atoms with Crippen LogP contribution in [0.1, 0.15) is 18.9 Å². The Bertz CT molecular complexity index is 657. The van der Waals surface area contributed by atoms with Crippen LogP contribution in [0.5, 0.6) is 0 Å². The van der Waals surface area contributed by atoms with Gasteiger partial charge in [0.1, 0.15) is 0 Å². The summed E-state index contributed by atoms with van der Waals surface area (Å²) in [5, 5.41) is 11.0. The highest BCUT2D eigenvalue weighted by Gasteiger charge is 2.15. The van der Waals surface area contributed by atoms with Gasteiger partial charge in [0, 0.05) is 13.1 Å². The largest absolute Gasteiger partial charge is 0.342 e. The van der Waals surface area contributed by atoms with Gasteiger partial charge in [-0.2, -0.15) is 5.26 Å². The summed E-state index contributed by atoms with van der Waals surface area (Å²) in [6.45, 7) is 1.89. The molecule has 0 bridgehead atoms. The lowest BCUT2D eigenvalue weighted by atomic mass is 10.0. The van der Waals surface area contributed by atoms with Crippen molar-refractivity contribution < 1.29 is 4.79 Å². The first-order valence-electron chi connectivity index (χ1n) is 6.72. The van der Waals surface area contributed by atoms with Crippen LogP contribution in [0.3, 0.4) is 0 Å². The number of carbonyl (C=O) groups excluding carboxylic acids is 1. The number of hydrogen-bond donors (Lipinski definition) is 0. The third kappa shape index (κ3) is 3.16. The summed E-state index contributed by atoms with van der Waals surface area (Å²) in [6.07, 6.45) is 0.733. The molecule has 0 aliphatic rings. The van der Waals surface area contributed by atoms with E-state index in [4.69, 9.17) is 5.26 Å². The van der Waals surface area contributed by atoms with Gasteiger partial charge in [-0.3, -0.25) is 4.79 Å². The smallest absolute Gasteiger partial charge is 0.227 e. The number of nitriles is 1. The molecule has 0 fully saturated rings. The Morgan fingerprint density at radius 2 is 1.95 bits per heavy atom. The quantitative estimate of drug-likeness (QED) is 0.853. The van der Waals surface area contributed by atoms with Gasteiger partial charge in [0.15, 0.2) is 0 Å². The van der Waals surface area contributed by atoms with Crippen LogP contribution < -0.4 is 0 Å². The molecule has 102 valence electrons. The van der Waals surface area contributed by atoms with Gasteiger partial charge < -0.3 is 4.90 Å². The van der Waals surface area contributed by atoms with E-state index in [-0.39, 0.29) is 11.9 Å². The lowest BCUT2D eigenvalue weighted by Gasteiger charge is -2.23. The molecule has 0 heterocycles. The number of likely N-dealkylation sites (N-methyl/N-ethyl adjacent to an activating group) is 1. The average Bonchev–Trinajstić information content (AvgIpc) is 2.46. The van der Waals surface area contributed by atoms with Gasteiger partial charge in [-0.15, -0.1) is 0 Å². The van der Waals surface area contributed by atoms with Crippen molar-refractivity contribution in [3.05, 3.63) is 48.0 Å². The van der Waals surface area contributed by atoms with Crippen LogP contribution in [0.25, 0.3) is 10.8 Å². The van der Waals surface area contributed by atoms with Crippen LogP contribution in [-0.2, 0) is 11.2 Å². The third-order valence-corrected chi connectivity index (χ3v) is 3.61. The van der Waals surface area contributed by atoms with Crippen LogP contribution >= 0.6 is 0 Å². The molecule has 0 aliphatic heterocycles. The monoisotopic (exact) mass is 266 g/mol. The van der Waals surface area contributed by atoms with Crippen LogP contribution in [0.15, 0.2) is 42.5 Å². The first-order valence-corrected chi connectivity index (χ1v) is 6.72. The Kier molecular flexibility index (Phi) is 4.37. The number of amides is 1. The van der Waals surface area contributed by atoms with Crippen molar-refractivity contribution in [2.45, 2.75) is 25.8 Å². The normalized spacial score (nSPS) is 11.8. The fourth-order valence-electron chi connectivity index (χ4n) is 2.16. The van der Waals surface area contributed by atoms with Crippen molar-refractivity contribution in [2.75, 3.05) is 7.05 Å². The molecule has 20 heavy (non-hydrogen) atoms. The highest BCUT2D eigenvalue weighted by molar-refractivity contribution is 5.85. The molecule has 0 saturated carbocycles. The zero-order chi connectivity index (χ0) is 14.5. The fourth-order valence-corrected chi connectivity index (χ4v) is 2.16. The number of nitrogens with zero attached hydrogens (tertiary/aromatic N) is 2. The molecule has 0 radical (unpaired) electrons. The molecule has 2 aromatic carbocycles. The number of rotatable bonds is 4. The molecular formula is C17H18N2O. The second kappa shape index (κ2) is 6.21. The van der Waals surface area contributed by atoms with Crippen LogP contribution in [0.4, 0.5) is 0 Å². The summed E-state index contributed by atoms with van der Waals surface area (Å²) >= 11 is 0. The van der Waals surface area contributed by atoms with Gasteiger partial charge in [0.2, 0.25) is 5.91 Å². The van der Waals surface area contributed by atoms with E-state index in [1.54, 1.807) is 11.9 Å². The maximum atomic E-state index is 12.2. The summed E-state index contributed by atoms with van der Waals surface area (Å²) in [5.41, 5.74) is 1.00. The van der Waals surface area contributed by atoms with Crippen molar-refractivity contribution in [3.63, 3.8) is 0 Å². The highest BCUT2D eigenvalue weighted by atomic mass is 16.2. The standard InChI is InChI=1S/C17H18N2O/c1-13(9-10-18)19(2)17(20)12-14-7-8-15-5-3-4-6-16(15)11-14/h3-8,11,13H,9,12H2,1-2H3. The van der Waals surface area contributed by atoms with Crippen molar-refractivity contribution in [2.24, 2.45) is 0 Å². The molecular weight excluding hydrogens is 248 g/mol. The maximum Gasteiger partial charge on any atom is 0.227 e. The molecule has 2 rings (SSSR count). The van der Waals surface area contributed by atoms with E-state index >= 15 is 0 Å². The molecule has 0 spiro atoms. The topological polar surface area (TPSA) is 44.1 Å². The Balaban J connectivity index is 2.11. The Morgan fingerprint density at radius 3 is 2.65 bits per heavy atom. The fraction of sp³-hybridized carbons (Fsp3) is 0.294. The molecule has 0 N–H and O–H groups in total.